The molecule has 9 heteroatoms. The number of nitrogens with one attached hydrogen (secondary N) is 1. The van der Waals surface area contributed by atoms with Gasteiger partial charge in [0.15, 0.2) is 10.7 Å². The van der Waals surface area contributed by atoms with Gasteiger partial charge >= 0.3 is 0 Å². The van der Waals surface area contributed by atoms with Crippen molar-refractivity contribution in [2.75, 3.05) is 38.5 Å². The van der Waals surface area contributed by atoms with Crippen LogP contribution in [0.15, 0.2) is 40.9 Å². The number of likely N-dealkylation sites (N-methyl/N-ethyl adjacent to an activating group) is 1. The zero-order valence-electron chi connectivity index (χ0n) is 17.9. The van der Waals surface area contributed by atoms with E-state index in [1.807, 2.05) is 42.2 Å². The third-order valence-corrected chi connectivity index (χ3v) is 6.63. The molecule has 0 saturated carbocycles. The van der Waals surface area contributed by atoms with Gasteiger partial charge in [-0.05, 0) is 44.3 Å². The van der Waals surface area contributed by atoms with Gasteiger partial charge in [-0.25, -0.2) is 4.98 Å². The molecule has 2 aromatic carbocycles. The Labute approximate surface area is 188 Å². The molecule has 0 spiro atoms. The fourth-order valence-electron chi connectivity index (χ4n) is 3.85. The van der Waals surface area contributed by atoms with Crippen LogP contribution in [0.2, 0.25) is 0 Å². The van der Waals surface area contributed by atoms with Crippen LogP contribution in [-0.4, -0.2) is 65.0 Å². The number of carbonyl (C=O) groups is 2. The van der Waals surface area contributed by atoms with E-state index in [-0.39, 0.29) is 18.2 Å². The number of aryl methyl sites for hydroxylation is 1. The first-order chi connectivity index (χ1) is 15.5. The van der Waals surface area contributed by atoms with Gasteiger partial charge in [-0.1, -0.05) is 28.1 Å². The third-order valence-electron chi connectivity index (χ3n) is 5.70. The lowest BCUT2D eigenvalue weighted by Gasteiger charge is -2.32. The number of benzene rings is 2. The summed E-state index contributed by atoms with van der Waals surface area (Å²) in [6.45, 7) is 5.21. The molecule has 32 heavy (non-hydrogen) atoms. The first-order valence-corrected chi connectivity index (χ1v) is 11.3. The average Bonchev–Trinajstić information content (AvgIpc) is 3.36. The van der Waals surface area contributed by atoms with Crippen LogP contribution in [0.5, 0.6) is 0 Å². The van der Waals surface area contributed by atoms with Gasteiger partial charge in [0, 0.05) is 37.1 Å². The van der Waals surface area contributed by atoms with Gasteiger partial charge in [-0.15, -0.1) is 0 Å². The van der Waals surface area contributed by atoms with Gasteiger partial charge < -0.3 is 19.6 Å². The highest BCUT2D eigenvalue weighted by Gasteiger charge is 2.21. The Balaban J connectivity index is 1.30. The molecule has 1 aliphatic heterocycles. The maximum absolute atomic E-state index is 12.8. The Bertz CT molecular complexity index is 1320. The number of amides is 2. The predicted molar refractivity (Wildman–Crippen MR) is 124 cm³/mol. The van der Waals surface area contributed by atoms with Crippen LogP contribution in [0, 0.1) is 6.92 Å². The summed E-state index contributed by atoms with van der Waals surface area (Å²) in [6.07, 6.45) is 0.0967. The average molecular weight is 450 g/mol. The quantitative estimate of drug-likeness (QED) is 0.514. The normalized spacial score (nSPS) is 14.9. The van der Waals surface area contributed by atoms with E-state index in [2.05, 4.69) is 27.4 Å². The second-order valence-corrected chi connectivity index (χ2v) is 9.18. The molecular weight excluding hydrogens is 426 g/mol. The Kier molecular flexibility index (Phi) is 5.36. The van der Waals surface area contributed by atoms with Crippen molar-refractivity contribution in [3.63, 3.8) is 0 Å². The van der Waals surface area contributed by atoms with Crippen molar-refractivity contribution < 1.29 is 14.1 Å². The Morgan fingerprint density at radius 1 is 1.12 bits per heavy atom. The van der Waals surface area contributed by atoms with Crippen molar-refractivity contribution in [3.05, 3.63) is 53.2 Å². The first-order valence-electron chi connectivity index (χ1n) is 10.5. The fraction of sp³-hybridized carbons (Fsp3) is 0.304. The van der Waals surface area contributed by atoms with Gasteiger partial charge in [0.2, 0.25) is 5.91 Å². The fourth-order valence-corrected chi connectivity index (χ4v) is 4.77. The summed E-state index contributed by atoms with van der Waals surface area (Å²) in [5, 5.41) is 8.24. The third kappa shape index (κ3) is 4.09. The van der Waals surface area contributed by atoms with Crippen molar-refractivity contribution in [1.82, 2.24) is 19.9 Å². The van der Waals surface area contributed by atoms with E-state index < -0.39 is 0 Å². The number of anilines is 1. The summed E-state index contributed by atoms with van der Waals surface area (Å²) in [4.78, 5) is 34.0. The summed E-state index contributed by atoms with van der Waals surface area (Å²) in [7, 11) is 2.06. The highest BCUT2D eigenvalue weighted by Crippen LogP contribution is 2.28. The molecule has 2 aromatic heterocycles. The molecule has 0 unspecified atom stereocenters. The van der Waals surface area contributed by atoms with Crippen molar-refractivity contribution in [1.29, 1.82) is 0 Å². The zero-order chi connectivity index (χ0) is 22.2. The van der Waals surface area contributed by atoms with Crippen molar-refractivity contribution in [3.8, 4) is 0 Å². The van der Waals surface area contributed by atoms with Crippen LogP contribution in [0.25, 0.3) is 21.2 Å². The van der Waals surface area contributed by atoms with Crippen molar-refractivity contribution in [2.24, 2.45) is 0 Å². The minimum Gasteiger partial charge on any atom is -0.356 e. The lowest BCUT2D eigenvalue weighted by molar-refractivity contribution is -0.115. The Morgan fingerprint density at radius 2 is 1.94 bits per heavy atom. The number of aromatic nitrogens is 2. The summed E-state index contributed by atoms with van der Waals surface area (Å²) in [6, 6.07) is 11.3. The van der Waals surface area contributed by atoms with Crippen molar-refractivity contribution in [2.45, 2.75) is 13.3 Å². The Morgan fingerprint density at radius 3 is 2.75 bits per heavy atom. The number of rotatable bonds is 4. The number of hydrogen-bond donors (Lipinski definition) is 1. The first kappa shape index (κ1) is 20.6. The lowest BCUT2D eigenvalue weighted by Crippen LogP contribution is -2.47. The monoisotopic (exact) mass is 449 g/mol. The number of piperazine rings is 1. The molecule has 0 atom stereocenters. The van der Waals surface area contributed by atoms with Gasteiger partial charge in [0.1, 0.15) is 5.69 Å². The lowest BCUT2D eigenvalue weighted by atomic mass is 10.1. The van der Waals surface area contributed by atoms with Crippen LogP contribution in [0.1, 0.15) is 21.6 Å². The van der Waals surface area contributed by atoms with Crippen LogP contribution in [0.4, 0.5) is 5.13 Å². The molecule has 1 saturated heterocycles. The molecule has 0 bridgehead atoms. The molecule has 0 radical (unpaired) electrons. The van der Waals surface area contributed by atoms with E-state index in [0.29, 0.717) is 22.0 Å². The molecule has 164 valence electrons. The van der Waals surface area contributed by atoms with Gasteiger partial charge in [0.05, 0.1) is 16.6 Å². The predicted octanol–water partition coefficient (Wildman–Crippen LogP) is 3.31. The topological polar surface area (TPSA) is 91.6 Å². The summed E-state index contributed by atoms with van der Waals surface area (Å²) < 4.78 is 6.18. The van der Waals surface area contributed by atoms with Crippen LogP contribution >= 0.6 is 11.3 Å². The maximum atomic E-state index is 12.8. The molecule has 0 aliphatic carbocycles. The summed E-state index contributed by atoms with van der Waals surface area (Å²) >= 11 is 1.36. The molecular formula is C23H23N5O3S. The highest BCUT2D eigenvalue weighted by atomic mass is 32.1. The van der Waals surface area contributed by atoms with E-state index in [1.54, 1.807) is 6.07 Å². The largest absolute Gasteiger partial charge is 0.356 e. The van der Waals surface area contributed by atoms with Crippen LogP contribution in [-0.2, 0) is 11.2 Å². The van der Waals surface area contributed by atoms with Gasteiger partial charge in [0.25, 0.3) is 5.91 Å². The molecule has 5 rings (SSSR count). The molecule has 8 nitrogen and oxygen atoms in total. The number of nitrogens with zero attached hydrogens (tertiary/aromatic N) is 4. The molecule has 2 amide bonds. The van der Waals surface area contributed by atoms with Crippen LogP contribution < -0.4 is 5.32 Å². The number of hydrogen-bond acceptors (Lipinski definition) is 7. The summed E-state index contributed by atoms with van der Waals surface area (Å²) in [5.41, 5.74) is 3.74. The minimum atomic E-state index is -0.213. The second-order valence-electron chi connectivity index (χ2n) is 8.15. The van der Waals surface area contributed by atoms with Gasteiger partial charge in [-0.2, -0.15) is 0 Å². The second kappa shape index (κ2) is 8.33. The molecule has 3 heterocycles. The maximum Gasteiger partial charge on any atom is 0.253 e. The van der Waals surface area contributed by atoms with E-state index in [1.165, 1.54) is 11.3 Å². The van der Waals surface area contributed by atoms with E-state index in [9.17, 15) is 9.59 Å². The van der Waals surface area contributed by atoms with Gasteiger partial charge in [-0.3, -0.25) is 9.59 Å². The molecule has 1 N–H and O–H groups in total. The van der Waals surface area contributed by atoms with E-state index in [0.717, 1.165) is 47.3 Å². The minimum absolute atomic E-state index is 0.0344. The molecule has 1 fully saturated rings. The number of fused-ring (bicyclic) bond motifs is 2. The number of thiazole rings is 1. The van der Waals surface area contributed by atoms with E-state index >= 15 is 0 Å². The SMILES string of the molecule is Cc1ccc2onc(CC(=O)Nc3nc4ccc(C(=O)N5CCN(C)CC5)cc4s3)c2c1. The van der Waals surface area contributed by atoms with Crippen molar-refractivity contribution >= 4 is 49.5 Å². The highest BCUT2D eigenvalue weighted by molar-refractivity contribution is 7.22. The van der Waals surface area contributed by atoms with E-state index in [4.69, 9.17) is 4.52 Å². The molecule has 4 aromatic rings. The standard InChI is InChI=1S/C23H23N5O3S/c1-14-3-6-19-16(11-14)18(26-31-19)13-21(29)25-23-24-17-5-4-15(12-20(17)32-23)22(30)28-9-7-27(2)8-10-28/h3-6,11-12H,7-10,13H2,1-2H3,(H,24,25,29). The smallest absolute Gasteiger partial charge is 0.253 e. The molecule has 1 aliphatic rings. The Hall–Kier alpha value is -3.30. The zero-order valence-corrected chi connectivity index (χ0v) is 18.7. The number of carbonyl (C=O) groups excluding carboxylic acids is 2. The van der Waals surface area contributed by atoms with Crippen LogP contribution in [0.3, 0.4) is 0 Å². The summed E-state index contributed by atoms with van der Waals surface area (Å²) in [5.74, 6) is -0.179.